The molecule has 0 atom stereocenters. The van der Waals surface area contributed by atoms with E-state index in [0.717, 1.165) is 22.8 Å². The summed E-state index contributed by atoms with van der Waals surface area (Å²) < 4.78 is 0. The monoisotopic (exact) mass is 292 g/mol. The molecular formula is C14H12N8. The van der Waals surface area contributed by atoms with Gasteiger partial charge >= 0.3 is 0 Å². The van der Waals surface area contributed by atoms with Gasteiger partial charge in [-0.2, -0.15) is 30.8 Å². The molecule has 0 aliphatic heterocycles. The molecule has 0 spiro atoms. The highest BCUT2D eigenvalue weighted by atomic mass is 15.3. The lowest BCUT2D eigenvalue weighted by molar-refractivity contribution is 0.941. The second-order valence-electron chi connectivity index (χ2n) is 4.14. The number of aromatic amines is 2. The molecule has 8 heteroatoms. The Morgan fingerprint density at radius 1 is 0.591 bits per heavy atom. The Kier molecular flexibility index (Phi) is 4.22. The van der Waals surface area contributed by atoms with Gasteiger partial charge in [0.25, 0.3) is 0 Å². The van der Waals surface area contributed by atoms with E-state index < -0.39 is 0 Å². The average molecular weight is 292 g/mol. The lowest BCUT2D eigenvalue weighted by Crippen LogP contribution is -1.80. The summed E-state index contributed by atoms with van der Waals surface area (Å²) >= 11 is 0. The first-order chi connectivity index (χ1) is 10.9. The highest BCUT2D eigenvalue weighted by molar-refractivity contribution is 5.51. The van der Waals surface area contributed by atoms with Gasteiger partial charge in [0.1, 0.15) is 11.4 Å². The maximum Gasteiger partial charge on any atom is 0.131 e. The fourth-order valence-corrected chi connectivity index (χ4v) is 1.68. The normalized spacial score (nSPS) is 9.82. The molecule has 4 heterocycles. The van der Waals surface area contributed by atoms with E-state index in [-0.39, 0.29) is 0 Å². The van der Waals surface area contributed by atoms with Crippen molar-refractivity contribution >= 4 is 0 Å². The summed E-state index contributed by atoms with van der Waals surface area (Å²) in [6.45, 7) is 0. The molecule has 4 aromatic heterocycles. The van der Waals surface area contributed by atoms with Crippen LogP contribution in [0, 0.1) is 0 Å². The van der Waals surface area contributed by atoms with E-state index in [1.807, 2.05) is 36.4 Å². The molecule has 0 saturated heterocycles. The van der Waals surface area contributed by atoms with Crippen LogP contribution in [0.1, 0.15) is 0 Å². The van der Waals surface area contributed by atoms with E-state index in [0.29, 0.717) is 0 Å². The Morgan fingerprint density at radius 2 is 1.09 bits per heavy atom. The fourth-order valence-electron chi connectivity index (χ4n) is 1.68. The number of hydrogen-bond donors (Lipinski definition) is 2. The summed E-state index contributed by atoms with van der Waals surface area (Å²) in [6.07, 6.45) is 6.73. The molecule has 8 nitrogen and oxygen atoms in total. The van der Waals surface area contributed by atoms with Gasteiger partial charge in [-0.1, -0.05) is 12.1 Å². The lowest BCUT2D eigenvalue weighted by Gasteiger charge is -1.89. The SMILES string of the molecule is c1ccc(-c2cn[nH]n2)nc1.c1ccc(-c2cn[nH]n2)nc1. The van der Waals surface area contributed by atoms with Gasteiger partial charge in [0.05, 0.1) is 23.8 Å². The minimum Gasteiger partial charge on any atom is -0.254 e. The molecule has 0 aliphatic rings. The summed E-state index contributed by atoms with van der Waals surface area (Å²) in [5, 5.41) is 20.2. The van der Waals surface area contributed by atoms with E-state index in [9.17, 15) is 0 Å². The molecule has 0 bridgehead atoms. The Labute approximate surface area is 125 Å². The van der Waals surface area contributed by atoms with Crippen molar-refractivity contribution in [2.75, 3.05) is 0 Å². The Balaban J connectivity index is 0.000000131. The van der Waals surface area contributed by atoms with E-state index in [2.05, 4.69) is 40.8 Å². The van der Waals surface area contributed by atoms with Gasteiger partial charge in [-0.05, 0) is 24.3 Å². The number of nitrogens with zero attached hydrogens (tertiary/aromatic N) is 6. The van der Waals surface area contributed by atoms with Crippen molar-refractivity contribution in [1.29, 1.82) is 0 Å². The first-order valence-electron chi connectivity index (χ1n) is 6.48. The van der Waals surface area contributed by atoms with Crippen LogP contribution in [0.25, 0.3) is 22.8 Å². The van der Waals surface area contributed by atoms with Crippen molar-refractivity contribution in [2.45, 2.75) is 0 Å². The van der Waals surface area contributed by atoms with E-state index in [1.165, 1.54) is 0 Å². The van der Waals surface area contributed by atoms with Crippen LogP contribution in [-0.2, 0) is 0 Å². The number of rotatable bonds is 2. The van der Waals surface area contributed by atoms with Crippen molar-refractivity contribution in [3.05, 3.63) is 61.2 Å². The second-order valence-corrected chi connectivity index (χ2v) is 4.14. The summed E-state index contributed by atoms with van der Waals surface area (Å²) in [6, 6.07) is 11.3. The number of H-pyrrole nitrogens is 2. The van der Waals surface area contributed by atoms with Crippen LogP contribution in [0.3, 0.4) is 0 Å². The maximum absolute atomic E-state index is 4.10. The quantitative estimate of drug-likeness (QED) is 0.582. The molecule has 0 amide bonds. The third kappa shape index (κ3) is 3.37. The van der Waals surface area contributed by atoms with Crippen molar-refractivity contribution in [3.63, 3.8) is 0 Å². The maximum atomic E-state index is 4.10. The summed E-state index contributed by atoms with van der Waals surface area (Å²) in [7, 11) is 0. The van der Waals surface area contributed by atoms with Gasteiger partial charge in [0.2, 0.25) is 0 Å². The summed E-state index contributed by atoms with van der Waals surface area (Å²) in [5.41, 5.74) is 3.21. The Bertz CT molecular complexity index is 697. The first kappa shape index (κ1) is 13.6. The zero-order chi connectivity index (χ0) is 15.0. The van der Waals surface area contributed by atoms with Crippen LogP contribution in [0.15, 0.2) is 61.2 Å². The molecule has 4 rings (SSSR count). The van der Waals surface area contributed by atoms with Crippen molar-refractivity contribution in [3.8, 4) is 22.8 Å². The molecular weight excluding hydrogens is 280 g/mol. The Morgan fingerprint density at radius 3 is 1.41 bits per heavy atom. The van der Waals surface area contributed by atoms with Crippen molar-refractivity contribution in [2.24, 2.45) is 0 Å². The summed E-state index contributed by atoms with van der Waals surface area (Å²) in [4.78, 5) is 8.20. The van der Waals surface area contributed by atoms with Crippen molar-refractivity contribution in [1.82, 2.24) is 40.8 Å². The zero-order valence-electron chi connectivity index (χ0n) is 11.5. The highest BCUT2D eigenvalue weighted by Crippen LogP contribution is 2.09. The van der Waals surface area contributed by atoms with Crippen LogP contribution in [0.5, 0.6) is 0 Å². The van der Waals surface area contributed by atoms with E-state index in [4.69, 9.17) is 0 Å². The standard InChI is InChI=1S/2C7H6N4/c2*1-2-4-8-6(3-1)7-5-9-11-10-7/h2*1-5H,(H,9,10,11). The second kappa shape index (κ2) is 6.84. The predicted octanol–water partition coefficient (Wildman–Crippen LogP) is 1.73. The van der Waals surface area contributed by atoms with Gasteiger partial charge in [0, 0.05) is 12.4 Å². The minimum absolute atomic E-state index is 0.769. The van der Waals surface area contributed by atoms with Gasteiger partial charge in [0.15, 0.2) is 0 Å². The largest absolute Gasteiger partial charge is 0.254 e. The van der Waals surface area contributed by atoms with Crippen molar-refractivity contribution < 1.29 is 0 Å². The molecule has 0 aromatic carbocycles. The number of pyridine rings is 2. The number of hydrogen-bond acceptors (Lipinski definition) is 6. The van der Waals surface area contributed by atoms with Crippen LogP contribution < -0.4 is 0 Å². The molecule has 0 aliphatic carbocycles. The molecule has 0 saturated carbocycles. The van der Waals surface area contributed by atoms with Gasteiger partial charge in [-0.15, -0.1) is 0 Å². The van der Waals surface area contributed by atoms with E-state index in [1.54, 1.807) is 24.8 Å². The van der Waals surface area contributed by atoms with Crippen LogP contribution >= 0.6 is 0 Å². The molecule has 22 heavy (non-hydrogen) atoms. The zero-order valence-corrected chi connectivity index (χ0v) is 11.5. The molecule has 2 N–H and O–H groups in total. The Hall–Kier alpha value is -3.42. The predicted molar refractivity (Wildman–Crippen MR) is 79.2 cm³/mol. The first-order valence-corrected chi connectivity index (χ1v) is 6.48. The molecule has 0 radical (unpaired) electrons. The smallest absolute Gasteiger partial charge is 0.131 e. The lowest BCUT2D eigenvalue weighted by atomic mass is 10.3. The summed E-state index contributed by atoms with van der Waals surface area (Å²) in [5.74, 6) is 0. The average Bonchev–Trinajstić information content (AvgIpc) is 3.31. The number of nitrogens with one attached hydrogen (secondary N) is 2. The fraction of sp³-hybridized carbons (Fsp3) is 0. The number of aromatic nitrogens is 8. The van der Waals surface area contributed by atoms with Gasteiger partial charge in [-0.25, -0.2) is 0 Å². The highest BCUT2D eigenvalue weighted by Gasteiger charge is 1.99. The van der Waals surface area contributed by atoms with E-state index >= 15 is 0 Å². The van der Waals surface area contributed by atoms with Crippen LogP contribution in [0.4, 0.5) is 0 Å². The molecule has 0 unspecified atom stereocenters. The van der Waals surface area contributed by atoms with Gasteiger partial charge in [-0.3, -0.25) is 9.97 Å². The minimum atomic E-state index is 0.769. The van der Waals surface area contributed by atoms with Crippen LogP contribution in [-0.4, -0.2) is 40.8 Å². The third-order valence-electron chi connectivity index (χ3n) is 2.68. The topological polar surface area (TPSA) is 109 Å². The third-order valence-corrected chi connectivity index (χ3v) is 2.68. The van der Waals surface area contributed by atoms with Gasteiger partial charge < -0.3 is 0 Å². The molecule has 108 valence electrons. The van der Waals surface area contributed by atoms with Crippen LogP contribution in [0.2, 0.25) is 0 Å². The molecule has 4 aromatic rings. The molecule has 0 fully saturated rings.